The van der Waals surface area contributed by atoms with Crippen molar-refractivity contribution in [2.45, 2.75) is 45.9 Å². The number of H-pyrrole nitrogens is 1. The summed E-state index contributed by atoms with van der Waals surface area (Å²) in [6.45, 7) is 8.23. The van der Waals surface area contributed by atoms with Crippen molar-refractivity contribution in [3.63, 3.8) is 0 Å². The molecule has 0 saturated carbocycles. The molecule has 1 aromatic heterocycles. The van der Waals surface area contributed by atoms with Crippen molar-refractivity contribution < 1.29 is 38.8 Å². The molecule has 0 atom stereocenters. The molecule has 234 valence electrons. The summed E-state index contributed by atoms with van der Waals surface area (Å²) in [6, 6.07) is 5.33. The molecule has 14 nitrogen and oxygen atoms in total. The first-order chi connectivity index (χ1) is 20.0. The minimum Gasteiger partial charge on any atom is -0.489 e. The molecule has 0 amide bonds. The Morgan fingerprint density at radius 2 is 1.79 bits per heavy atom. The second-order valence-electron chi connectivity index (χ2n) is 9.10. The zero-order valence-corrected chi connectivity index (χ0v) is 25.7. The first-order valence-corrected chi connectivity index (χ1v) is 14.4. The lowest BCUT2D eigenvalue weighted by molar-refractivity contribution is -0.134. The van der Waals surface area contributed by atoms with Crippen molar-refractivity contribution in [1.82, 2.24) is 15.2 Å². The van der Waals surface area contributed by atoms with E-state index in [1.54, 1.807) is 26.0 Å². The number of anilines is 1. The predicted molar refractivity (Wildman–Crippen MR) is 164 cm³/mol. The Bertz CT molecular complexity index is 1420. The minimum atomic E-state index is -1.24. The van der Waals surface area contributed by atoms with Gasteiger partial charge in [0.05, 0.1) is 23.3 Å². The Morgan fingerprint density at radius 1 is 1.16 bits per heavy atom. The largest absolute Gasteiger partial charge is 0.489 e. The summed E-state index contributed by atoms with van der Waals surface area (Å²) in [6.07, 6.45) is 1.08. The van der Waals surface area contributed by atoms with Gasteiger partial charge in [-0.05, 0) is 45.0 Å². The van der Waals surface area contributed by atoms with Crippen LogP contribution in [0.4, 0.5) is 10.1 Å². The quantitative estimate of drug-likeness (QED) is 0.0433. The van der Waals surface area contributed by atoms with Crippen LogP contribution in [0.3, 0.4) is 0 Å². The topological polar surface area (TPSA) is 251 Å². The minimum absolute atomic E-state index is 0.0439. The molecule has 43 heavy (non-hydrogen) atoms. The molecule has 9 N–H and O–H groups in total. The summed E-state index contributed by atoms with van der Waals surface area (Å²) in [5.74, 6) is -4.20. The summed E-state index contributed by atoms with van der Waals surface area (Å²) in [7, 11) is 0. The molecule has 0 unspecified atom stereocenters. The number of aromatic amines is 1. The van der Waals surface area contributed by atoms with Crippen molar-refractivity contribution in [2.75, 3.05) is 17.2 Å². The van der Waals surface area contributed by atoms with Crippen LogP contribution in [0.25, 0.3) is 11.4 Å². The number of carboxylic acids is 3. The molecule has 0 spiro atoms. The number of rotatable bonds is 12. The van der Waals surface area contributed by atoms with Gasteiger partial charge in [0.2, 0.25) is 5.16 Å². The average molecular weight is 640 g/mol. The summed E-state index contributed by atoms with van der Waals surface area (Å²) < 4.78 is 19.7. The van der Waals surface area contributed by atoms with E-state index in [4.69, 9.17) is 36.9 Å². The highest BCUT2D eigenvalue weighted by Gasteiger charge is 2.15. The molecule has 0 aliphatic carbocycles. The number of aliphatic carboxylic acids is 3. The molecule has 0 bridgehead atoms. The first-order valence-electron chi connectivity index (χ1n) is 12.4. The van der Waals surface area contributed by atoms with Gasteiger partial charge in [0.1, 0.15) is 17.4 Å². The number of carbonyl (C=O) groups is 3. The summed E-state index contributed by atoms with van der Waals surface area (Å²) in [5, 5.41) is 40.1. The number of ether oxygens (including phenoxy) is 1. The normalized spacial score (nSPS) is 12.4. The highest BCUT2D eigenvalue weighted by Crippen LogP contribution is 2.28. The predicted octanol–water partition coefficient (Wildman–Crippen LogP) is 4.02. The van der Waals surface area contributed by atoms with Crippen LogP contribution in [0.5, 0.6) is 5.75 Å². The van der Waals surface area contributed by atoms with E-state index in [1.807, 2.05) is 19.9 Å². The van der Waals surface area contributed by atoms with Gasteiger partial charge >= 0.3 is 17.9 Å². The van der Waals surface area contributed by atoms with E-state index < -0.39 is 34.8 Å². The zero-order valence-electron chi connectivity index (χ0n) is 24.0. The van der Waals surface area contributed by atoms with Gasteiger partial charge in [-0.3, -0.25) is 20.1 Å². The number of carboxylic acid groups (broad SMARTS) is 3. The number of allylic oxidation sites excluding steroid dienone is 1. The summed E-state index contributed by atoms with van der Waals surface area (Å²) in [4.78, 5) is 39.6. The lowest BCUT2D eigenvalue weighted by Gasteiger charge is -2.12. The summed E-state index contributed by atoms with van der Waals surface area (Å²) in [5.41, 5.74) is 12.5. The van der Waals surface area contributed by atoms with E-state index in [2.05, 4.69) is 20.2 Å². The van der Waals surface area contributed by atoms with E-state index in [0.29, 0.717) is 34.2 Å². The third kappa shape index (κ3) is 13.4. The fraction of sp³-hybridized carbons (Fsp3) is 0.346. The van der Waals surface area contributed by atoms with Crippen molar-refractivity contribution in [2.24, 2.45) is 16.6 Å². The van der Waals surface area contributed by atoms with Crippen molar-refractivity contribution in [1.29, 1.82) is 5.41 Å². The lowest BCUT2D eigenvalue weighted by Crippen LogP contribution is -2.19. The Labute approximate surface area is 255 Å². The van der Waals surface area contributed by atoms with Crippen LogP contribution >= 0.6 is 23.5 Å². The Kier molecular flexibility index (Phi) is 15.0. The van der Waals surface area contributed by atoms with Crippen LogP contribution in [0, 0.1) is 11.3 Å². The number of halogens is 1. The van der Waals surface area contributed by atoms with Crippen molar-refractivity contribution >= 4 is 58.1 Å². The maximum Gasteiger partial charge on any atom is 0.331 e. The molecule has 2 rings (SSSR count). The molecule has 1 heterocycles. The smallest absolute Gasteiger partial charge is 0.331 e. The Morgan fingerprint density at radius 3 is 2.30 bits per heavy atom. The number of amidine groups is 2. The van der Waals surface area contributed by atoms with Gasteiger partial charge in [0.15, 0.2) is 11.0 Å². The maximum atomic E-state index is 14.1. The SMILES string of the molecule is CC(C)Oc1ccc(-c2nc(SCC(=O)O)n[nH]2)cc1N.C\C(=C/C(C(/N)=N/C(=N)SCC(=O)O)=C(/F)C(C)C)C(=O)O. The number of nitrogens with one attached hydrogen (secondary N) is 2. The number of hydrogen-bond donors (Lipinski definition) is 7. The molecular weight excluding hydrogens is 605 g/mol. The number of benzene rings is 1. The number of nitrogen functional groups attached to an aromatic ring is 1. The summed E-state index contributed by atoms with van der Waals surface area (Å²) >= 11 is 1.66. The Hall–Kier alpha value is -4.38. The third-order valence-electron chi connectivity index (χ3n) is 4.73. The molecule has 0 radical (unpaired) electrons. The second kappa shape index (κ2) is 17.5. The Balaban J connectivity index is 0.000000430. The molecule has 0 aliphatic heterocycles. The van der Waals surface area contributed by atoms with Gasteiger partial charge in [-0.1, -0.05) is 37.4 Å². The third-order valence-corrected chi connectivity index (χ3v) is 6.32. The van der Waals surface area contributed by atoms with Crippen LogP contribution in [0.2, 0.25) is 0 Å². The number of nitrogens with zero attached hydrogens (tertiary/aromatic N) is 3. The van der Waals surface area contributed by atoms with Gasteiger partial charge in [-0.2, -0.15) is 0 Å². The van der Waals surface area contributed by atoms with Crippen LogP contribution in [0.15, 0.2) is 51.4 Å². The molecule has 0 saturated heterocycles. The van der Waals surface area contributed by atoms with E-state index >= 15 is 0 Å². The van der Waals surface area contributed by atoms with Gasteiger partial charge < -0.3 is 31.5 Å². The molecule has 2 aromatic rings. The van der Waals surface area contributed by atoms with Crippen LogP contribution in [-0.4, -0.2) is 77.0 Å². The molecule has 1 aromatic carbocycles. The average Bonchev–Trinajstić information content (AvgIpc) is 3.39. The lowest BCUT2D eigenvalue weighted by atomic mass is 10.0. The molecular formula is C26H34FN7O7S2. The number of aliphatic imine (C=N–C) groups is 1. The second-order valence-corrected chi connectivity index (χ2v) is 11.0. The fourth-order valence-electron chi connectivity index (χ4n) is 2.81. The number of nitrogens with two attached hydrogens (primary N) is 2. The van der Waals surface area contributed by atoms with E-state index in [9.17, 15) is 18.8 Å². The van der Waals surface area contributed by atoms with Gasteiger partial charge in [-0.15, -0.1) is 5.10 Å². The molecule has 17 heteroatoms. The van der Waals surface area contributed by atoms with Crippen molar-refractivity contribution in [3.05, 3.63) is 41.2 Å². The van der Waals surface area contributed by atoms with E-state index in [-0.39, 0.29) is 34.6 Å². The first kappa shape index (κ1) is 36.6. The zero-order chi connectivity index (χ0) is 32.9. The molecule has 0 aliphatic rings. The van der Waals surface area contributed by atoms with E-state index in [1.165, 1.54) is 6.92 Å². The monoisotopic (exact) mass is 639 g/mol. The highest BCUT2D eigenvalue weighted by atomic mass is 32.2. The van der Waals surface area contributed by atoms with Gasteiger partial charge in [0.25, 0.3) is 0 Å². The molecule has 0 fully saturated rings. The van der Waals surface area contributed by atoms with Crippen LogP contribution in [0.1, 0.15) is 34.6 Å². The van der Waals surface area contributed by atoms with E-state index in [0.717, 1.165) is 23.4 Å². The van der Waals surface area contributed by atoms with Gasteiger partial charge in [-0.25, -0.2) is 19.2 Å². The van der Waals surface area contributed by atoms with Crippen molar-refractivity contribution in [3.8, 4) is 17.1 Å². The number of hydrogen-bond acceptors (Lipinski definition) is 10. The standard InChI is InChI=1S/C13H18FN3O4S.C13H16N4O3S/c1-6(2)10(14)8(4-7(3)12(20)21)11(15)17-13(16)22-5-9(18)19;1-7(2)20-10-4-3-8(5-9(10)14)12-15-13(17-16-12)21-6-11(18)19/h4,6H,5H2,1-3H3,(H,18,19)(H,20,21)(H3,15,16,17);3-5,7H,6,14H2,1-2H3,(H,18,19)(H,15,16,17)/b7-4+,10-8-;. The number of aromatic nitrogens is 3. The highest BCUT2D eigenvalue weighted by molar-refractivity contribution is 8.14. The van der Waals surface area contributed by atoms with Crippen LogP contribution in [-0.2, 0) is 14.4 Å². The maximum absolute atomic E-state index is 14.1. The van der Waals surface area contributed by atoms with Crippen LogP contribution < -0.4 is 16.2 Å². The van der Waals surface area contributed by atoms with Gasteiger partial charge in [0, 0.05) is 22.6 Å². The number of thioether (sulfide) groups is 2. The fourth-order valence-corrected chi connectivity index (χ4v) is 3.75.